The zero-order valence-corrected chi connectivity index (χ0v) is 14.1. The van der Waals surface area contributed by atoms with Crippen LogP contribution in [0.5, 0.6) is 11.5 Å². The number of hydrogen-bond donors (Lipinski definition) is 1. The molecule has 5 nitrogen and oxygen atoms in total. The lowest BCUT2D eigenvalue weighted by Crippen LogP contribution is -2.35. The van der Waals surface area contributed by atoms with E-state index in [0.717, 1.165) is 49.3 Å². The molecule has 23 heavy (non-hydrogen) atoms. The van der Waals surface area contributed by atoms with E-state index in [1.165, 1.54) is 0 Å². The van der Waals surface area contributed by atoms with E-state index in [0.29, 0.717) is 19.8 Å². The standard InChI is InChI=1S/C18H27NO4/c1-3-5-11-23-16-9-8-14(12-17(16)22-4-2)13-19-10-6-7-15(19)18(20)21/h8-9,12,15H,3-7,10-11,13H2,1-2H3,(H,20,21)/t15-/m1/s1. The summed E-state index contributed by atoms with van der Waals surface area (Å²) in [7, 11) is 0. The van der Waals surface area contributed by atoms with E-state index in [-0.39, 0.29) is 6.04 Å². The van der Waals surface area contributed by atoms with Gasteiger partial charge in [0.05, 0.1) is 13.2 Å². The van der Waals surface area contributed by atoms with Crippen molar-refractivity contribution >= 4 is 5.97 Å². The fourth-order valence-corrected chi connectivity index (χ4v) is 2.89. The summed E-state index contributed by atoms with van der Waals surface area (Å²) in [4.78, 5) is 13.3. The highest BCUT2D eigenvalue weighted by Crippen LogP contribution is 2.30. The van der Waals surface area contributed by atoms with Gasteiger partial charge in [0, 0.05) is 6.54 Å². The van der Waals surface area contributed by atoms with Crippen molar-refractivity contribution in [3.8, 4) is 11.5 Å². The minimum absolute atomic E-state index is 0.369. The van der Waals surface area contributed by atoms with Gasteiger partial charge in [-0.3, -0.25) is 9.69 Å². The van der Waals surface area contributed by atoms with Gasteiger partial charge in [-0.05, 0) is 50.4 Å². The quantitative estimate of drug-likeness (QED) is 0.707. The van der Waals surface area contributed by atoms with Gasteiger partial charge in [-0.25, -0.2) is 0 Å². The highest BCUT2D eigenvalue weighted by molar-refractivity contribution is 5.73. The maximum atomic E-state index is 11.3. The summed E-state index contributed by atoms with van der Waals surface area (Å²) in [6.07, 6.45) is 3.77. The number of hydrogen-bond acceptors (Lipinski definition) is 4. The zero-order chi connectivity index (χ0) is 16.7. The van der Waals surface area contributed by atoms with Gasteiger partial charge in [0.1, 0.15) is 6.04 Å². The predicted molar refractivity (Wildman–Crippen MR) is 89.1 cm³/mol. The van der Waals surface area contributed by atoms with E-state index in [2.05, 4.69) is 6.92 Å². The number of rotatable bonds is 9. The van der Waals surface area contributed by atoms with Crippen molar-refractivity contribution in [2.24, 2.45) is 0 Å². The molecule has 1 aliphatic heterocycles. The molecule has 1 aromatic carbocycles. The van der Waals surface area contributed by atoms with Crippen LogP contribution in [0.1, 0.15) is 45.1 Å². The van der Waals surface area contributed by atoms with E-state index in [9.17, 15) is 9.90 Å². The van der Waals surface area contributed by atoms with Crippen molar-refractivity contribution in [3.63, 3.8) is 0 Å². The molecule has 1 aliphatic rings. The summed E-state index contributed by atoms with van der Waals surface area (Å²) in [6, 6.07) is 5.54. The van der Waals surface area contributed by atoms with Crippen LogP contribution in [-0.4, -0.2) is 41.8 Å². The number of unbranched alkanes of at least 4 members (excludes halogenated alkanes) is 1. The first kappa shape index (κ1) is 17.6. The number of benzene rings is 1. The van der Waals surface area contributed by atoms with Gasteiger partial charge in [-0.15, -0.1) is 0 Å². The summed E-state index contributed by atoms with van der Waals surface area (Å²) in [5, 5.41) is 9.28. The fourth-order valence-electron chi connectivity index (χ4n) is 2.89. The van der Waals surface area contributed by atoms with Gasteiger partial charge in [-0.2, -0.15) is 0 Å². The molecule has 1 saturated heterocycles. The number of aliphatic carboxylic acids is 1. The number of nitrogens with zero attached hydrogens (tertiary/aromatic N) is 1. The molecule has 1 heterocycles. The normalized spacial score (nSPS) is 18.1. The second-order valence-electron chi connectivity index (χ2n) is 5.88. The topological polar surface area (TPSA) is 59.0 Å². The molecule has 2 rings (SSSR count). The molecule has 5 heteroatoms. The van der Waals surface area contributed by atoms with Crippen LogP contribution in [0.15, 0.2) is 18.2 Å². The Morgan fingerprint density at radius 3 is 2.83 bits per heavy atom. The van der Waals surface area contributed by atoms with Gasteiger partial charge in [0.25, 0.3) is 0 Å². The lowest BCUT2D eigenvalue weighted by Gasteiger charge is -2.21. The Kier molecular flexibility index (Phi) is 6.71. The van der Waals surface area contributed by atoms with Crippen molar-refractivity contribution < 1.29 is 19.4 Å². The van der Waals surface area contributed by atoms with E-state index >= 15 is 0 Å². The Bertz CT molecular complexity index is 518. The largest absolute Gasteiger partial charge is 0.490 e. The molecule has 0 radical (unpaired) electrons. The monoisotopic (exact) mass is 321 g/mol. The molecule has 0 unspecified atom stereocenters. The Labute approximate surface area is 138 Å². The van der Waals surface area contributed by atoms with Crippen LogP contribution in [0, 0.1) is 0 Å². The zero-order valence-electron chi connectivity index (χ0n) is 14.1. The Hall–Kier alpha value is -1.75. The summed E-state index contributed by atoms with van der Waals surface area (Å²) >= 11 is 0. The smallest absolute Gasteiger partial charge is 0.320 e. The van der Waals surface area contributed by atoms with Crippen LogP contribution in [-0.2, 0) is 11.3 Å². The van der Waals surface area contributed by atoms with Gasteiger partial charge in [0.15, 0.2) is 11.5 Å². The number of likely N-dealkylation sites (tertiary alicyclic amines) is 1. The number of carboxylic acids is 1. The number of carboxylic acid groups (broad SMARTS) is 1. The predicted octanol–water partition coefficient (Wildman–Crippen LogP) is 3.31. The first-order valence-corrected chi connectivity index (χ1v) is 8.51. The van der Waals surface area contributed by atoms with Crippen molar-refractivity contribution in [3.05, 3.63) is 23.8 Å². The lowest BCUT2D eigenvalue weighted by atomic mass is 10.1. The minimum atomic E-state index is -0.730. The van der Waals surface area contributed by atoms with Crippen LogP contribution in [0.25, 0.3) is 0 Å². The van der Waals surface area contributed by atoms with Gasteiger partial charge >= 0.3 is 5.97 Å². The highest BCUT2D eigenvalue weighted by Gasteiger charge is 2.30. The number of ether oxygens (including phenoxy) is 2. The molecular formula is C18H27NO4. The molecule has 1 aromatic rings. The van der Waals surface area contributed by atoms with Crippen molar-refractivity contribution in [1.82, 2.24) is 4.90 Å². The molecule has 0 aromatic heterocycles. The third-order valence-electron chi connectivity index (χ3n) is 4.10. The third-order valence-corrected chi connectivity index (χ3v) is 4.10. The summed E-state index contributed by atoms with van der Waals surface area (Å²) in [6.45, 7) is 6.80. The molecule has 0 aliphatic carbocycles. The number of carbonyl (C=O) groups is 1. The van der Waals surface area contributed by atoms with Crippen molar-refractivity contribution in [2.45, 2.75) is 52.1 Å². The molecule has 0 saturated carbocycles. The van der Waals surface area contributed by atoms with Crippen LogP contribution < -0.4 is 9.47 Å². The van der Waals surface area contributed by atoms with E-state index in [1.807, 2.05) is 30.0 Å². The van der Waals surface area contributed by atoms with Gasteiger partial charge in [-0.1, -0.05) is 19.4 Å². The minimum Gasteiger partial charge on any atom is -0.490 e. The van der Waals surface area contributed by atoms with Gasteiger partial charge < -0.3 is 14.6 Å². The molecule has 0 amide bonds. The molecule has 0 bridgehead atoms. The third kappa shape index (κ3) is 4.86. The average Bonchev–Trinajstić information content (AvgIpc) is 2.98. The van der Waals surface area contributed by atoms with Crippen LogP contribution in [0.4, 0.5) is 0 Å². The Morgan fingerprint density at radius 2 is 2.13 bits per heavy atom. The molecule has 0 spiro atoms. The fraction of sp³-hybridized carbons (Fsp3) is 0.611. The van der Waals surface area contributed by atoms with Crippen LogP contribution in [0.3, 0.4) is 0 Å². The van der Waals surface area contributed by atoms with E-state index in [4.69, 9.17) is 9.47 Å². The summed E-state index contributed by atoms with van der Waals surface area (Å²) < 4.78 is 11.5. The van der Waals surface area contributed by atoms with Crippen molar-refractivity contribution in [1.29, 1.82) is 0 Å². The highest BCUT2D eigenvalue weighted by atomic mass is 16.5. The van der Waals surface area contributed by atoms with Crippen molar-refractivity contribution in [2.75, 3.05) is 19.8 Å². The summed E-state index contributed by atoms with van der Waals surface area (Å²) in [5.74, 6) is 0.777. The maximum Gasteiger partial charge on any atom is 0.320 e. The maximum absolute atomic E-state index is 11.3. The molecular weight excluding hydrogens is 294 g/mol. The Morgan fingerprint density at radius 1 is 1.30 bits per heavy atom. The summed E-state index contributed by atoms with van der Waals surface area (Å²) in [5.41, 5.74) is 1.06. The second kappa shape index (κ2) is 8.77. The van der Waals surface area contributed by atoms with Gasteiger partial charge in [0.2, 0.25) is 0 Å². The molecule has 1 fully saturated rings. The second-order valence-corrected chi connectivity index (χ2v) is 5.88. The molecule has 1 N–H and O–H groups in total. The first-order valence-electron chi connectivity index (χ1n) is 8.51. The van der Waals surface area contributed by atoms with Crippen LogP contribution in [0.2, 0.25) is 0 Å². The van der Waals surface area contributed by atoms with E-state index < -0.39 is 5.97 Å². The first-order chi connectivity index (χ1) is 11.2. The SMILES string of the molecule is CCCCOc1ccc(CN2CCC[C@@H]2C(=O)O)cc1OCC. The average molecular weight is 321 g/mol. The molecule has 128 valence electrons. The molecule has 1 atom stereocenters. The van der Waals surface area contributed by atoms with Crippen LogP contribution >= 0.6 is 0 Å². The Balaban J connectivity index is 2.07. The lowest BCUT2D eigenvalue weighted by molar-refractivity contribution is -0.142. The van der Waals surface area contributed by atoms with E-state index in [1.54, 1.807) is 0 Å².